The van der Waals surface area contributed by atoms with E-state index in [-0.39, 0.29) is 0 Å². The molecular formula is C15H15Cl2N. The lowest BCUT2D eigenvalue weighted by Gasteiger charge is -2.16. The van der Waals surface area contributed by atoms with Crippen LogP contribution in [0.4, 0.5) is 11.4 Å². The number of nitrogens with one attached hydrogen (secondary N) is 1. The van der Waals surface area contributed by atoms with Crippen LogP contribution in [0.3, 0.4) is 0 Å². The molecular weight excluding hydrogens is 265 g/mol. The highest BCUT2D eigenvalue weighted by molar-refractivity contribution is 6.39. The van der Waals surface area contributed by atoms with Gasteiger partial charge < -0.3 is 5.32 Å². The molecule has 94 valence electrons. The summed E-state index contributed by atoms with van der Waals surface area (Å²) in [7, 11) is 0. The number of hydrogen-bond donors (Lipinski definition) is 1. The average Bonchev–Trinajstić information content (AvgIpc) is 2.34. The Hall–Kier alpha value is -1.18. The van der Waals surface area contributed by atoms with Crippen molar-refractivity contribution in [3.63, 3.8) is 0 Å². The molecule has 0 aliphatic rings. The van der Waals surface area contributed by atoms with Crippen molar-refractivity contribution in [1.29, 1.82) is 0 Å². The number of benzene rings is 2. The van der Waals surface area contributed by atoms with Crippen LogP contribution >= 0.6 is 23.2 Å². The lowest BCUT2D eigenvalue weighted by molar-refractivity contribution is 0.869. The summed E-state index contributed by atoms with van der Waals surface area (Å²) in [5, 5.41) is 4.58. The second-order valence-electron chi connectivity index (χ2n) is 4.46. The Bertz CT molecular complexity index is 530. The second-order valence-corrected chi connectivity index (χ2v) is 5.28. The van der Waals surface area contributed by atoms with Gasteiger partial charge in [0.05, 0.1) is 15.7 Å². The van der Waals surface area contributed by atoms with Gasteiger partial charge >= 0.3 is 0 Å². The summed E-state index contributed by atoms with van der Waals surface area (Å²) < 4.78 is 0. The quantitative estimate of drug-likeness (QED) is 0.742. The van der Waals surface area contributed by atoms with Crippen molar-refractivity contribution in [3.8, 4) is 0 Å². The molecule has 0 fully saturated rings. The SMILES string of the molecule is CC(C)c1ccccc1Nc1c(Cl)cccc1Cl. The normalized spacial score (nSPS) is 10.7. The van der Waals surface area contributed by atoms with E-state index >= 15 is 0 Å². The highest BCUT2D eigenvalue weighted by Crippen LogP contribution is 2.34. The Morgan fingerprint density at radius 2 is 1.50 bits per heavy atom. The first-order valence-corrected chi connectivity index (χ1v) is 6.65. The zero-order valence-corrected chi connectivity index (χ0v) is 11.9. The van der Waals surface area contributed by atoms with Gasteiger partial charge in [-0.3, -0.25) is 0 Å². The molecule has 0 aliphatic carbocycles. The van der Waals surface area contributed by atoms with Gasteiger partial charge in [-0.25, -0.2) is 0 Å². The molecule has 0 bridgehead atoms. The van der Waals surface area contributed by atoms with Crippen molar-refractivity contribution in [1.82, 2.24) is 0 Å². The fourth-order valence-corrected chi connectivity index (χ4v) is 2.36. The van der Waals surface area contributed by atoms with Crippen LogP contribution < -0.4 is 5.32 Å². The molecule has 0 amide bonds. The third kappa shape index (κ3) is 2.80. The van der Waals surface area contributed by atoms with Crippen LogP contribution in [0, 0.1) is 0 Å². The van der Waals surface area contributed by atoms with Gasteiger partial charge in [0, 0.05) is 5.69 Å². The minimum absolute atomic E-state index is 0.440. The van der Waals surface area contributed by atoms with Crippen molar-refractivity contribution in [2.75, 3.05) is 5.32 Å². The summed E-state index contributed by atoms with van der Waals surface area (Å²) in [6.07, 6.45) is 0. The van der Waals surface area contributed by atoms with E-state index in [1.54, 1.807) is 0 Å². The maximum atomic E-state index is 6.16. The maximum Gasteiger partial charge on any atom is 0.0762 e. The van der Waals surface area contributed by atoms with Crippen molar-refractivity contribution in [2.45, 2.75) is 19.8 Å². The van der Waals surface area contributed by atoms with Crippen LogP contribution in [0.15, 0.2) is 42.5 Å². The smallest absolute Gasteiger partial charge is 0.0762 e. The topological polar surface area (TPSA) is 12.0 Å². The van der Waals surface area contributed by atoms with Gasteiger partial charge in [0.25, 0.3) is 0 Å². The van der Waals surface area contributed by atoms with E-state index in [2.05, 4.69) is 25.2 Å². The molecule has 0 unspecified atom stereocenters. The molecule has 0 spiro atoms. The number of para-hydroxylation sites is 2. The third-order valence-electron chi connectivity index (χ3n) is 2.81. The molecule has 0 saturated heterocycles. The second kappa shape index (κ2) is 5.64. The van der Waals surface area contributed by atoms with Crippen molar-refractivity contribution >= 4 is 34.6 Å². The summed E-state index contributed by atoms with van der Waals surface area (Å²) in [5.74, 6) is 0.440. The van der Waals surface area contributed by atoms with Crippen LogP contribution in [0.2, 0.25) is 10.0 Å². The Balaban J connectivity index is 2.40. The molecule has 3 heteroatoms. The Labute approximate surface area is 118 Å². The summed E-state index contributed by atoms with van der Waals surface area (Å²) in [6, 6.07) is 13.7. The Kier molecular flexibility index (Phi) is 4.15. The van der Waals surface area contributed by atoms with Gasteiger partial charge in [-0.15, -0.1) is 0 Å². The van der Waals surface area contributed by atoms with Crippen LogP contribution in [-0.2, 0) is 0 Å². The predicted octanol–water partition coefficient (Wildman–Crippen LogP) is 5.86. The first-order valence-electron chi connectivity index (χ1n) is 5.89. The molecule has 2 aromatic rings. The molecule has 0 aliphatic heterocycles. The Morgan fingerprint density at radius 3 is 2.11 bits per heavy atom. The molecule has 0 atom stereocenters. The average molecular weight is 280 g/mol. The largest absolute Gasteiger partial charge is 0.353 e. The number of rotatable bonds is 3. The van der Waals surface area contributed by atoms with E-state index < -0.39 is 0 Å². The highest BCUT2D eigenvalue weighted by Gasteiger charge is 2.09. The van der Waals surface area contributed by atoms with E-state index in [1.807, 2.05) is 36.4 Å². The zero-order chi connectivity index (χ0) is 13.1. The molecule has 1 nitrogen and oxygen atoms in total. The molecule has 2 aromatic carbocycles. The van der Waals surface area contributed by atoms with E-state index in [9.17, 15) is 0 Å². The lowest BCUT2D eigenvalue weighted by atomic mass is 10.0. The summed E-state index contributed by atoms with van der Waals surface area (Å²) in [4.78, 5) is 0. The minimum Gasteiger partial charge on any atom is -0.353 e. The van der Waals surface area contributed by atoms with Crippen LogP contribution in [-0.4, -0.2) is 0 Å². The number of halogens is 2. The van der Waals surface area contributed by atoms with Crippen LogP contribution in [0.1, 0.15) is 25.3 Å². The summed E-state index contributed by atoms with van der Waals surface area (Å²) >= 11 is 12.3. The van der Waals surface area contributed by atoms with Crippen LogP contribution in [0.5, 0.6) is 0 Å². The van der Waals surface area contributed by atoms with Gasteiger partial charge in [-0.1, -0.05) is 61.3 Å². The van der Waals surface area contributed by atoms with Gasteiger partial charge in [0.2, 0.25) is 0 Å². The van der Waals surface area contributed by atoms with Gasteiger partial charge in [-0.05, 0) is 29.7 Å². The lowest BCUT2D eigenvalue weighted by Crippen LogP contribution is -1.98. The Morgan fingerprint density at radius 1 is 0.889 bits per heavy atom. The highest BCUT2D eigenvalue weighted by atomic mass is 35.5. The standard InChI is InChI=1S/C15H15Cl2N/c1-10(2)11-6-3-4-9-14(11)18-15-12(16)7-5-8-13(15)17/h3-10,18H,1-2H3. The van der Waals surface area contributed by atoms with E-state index in [0.717, 1.165) is 11.4 Å². The summed E-state index contributed by atoms with van der Waals surface area (Å²) in [6.45, 7) is 4.32. The van der Waals surface area contributed by atoms with Crippen molar-refractivity contribution < 1.29 is 0 Å². The van der Waals surface area contributed by atoms with Crippen molar-refractivity contribution in [2.24, 2.45) is 0 Å². The minimum atomic E-state index is 0.440. The fraction of sp³-hybridized carbons (Fsp3) is 0.200. The van der Waals surface area contributed by atoms with Gasteiger partial charge in [0.1, 0.15) is 0 Å². The first-order chi connectivity index (χ1) is 8.59. The molecule has 2 rings (SSSR count). The monoisotopic (exact) mass is 279 g/mol. The van der Waals surface area contributed by atoms with E-state index in [0.29, 0.717) is 16.0 Å². The number of hydrogen-bond acceptors (Lipinski definition) is 1. The molecule has 18 heavy (non-hydrogen) atoms. The van der Waals surface area contributed by atoms with Gasteiger partial charge in [-0.2, -0.15) is 0 Å². The first kappa shape index (κ1) is 13.3. The van der Waals surface area contributed by atoms with Crippen LogP contribution in [0.25, 0.3) is 0 Å². The molecule has 1 N–H and O–H groups in total. The molecule has 0 aromatic heterocycles. The van der Waals surface area contributed by atoms with Gasteiger partial charge in [0.15, 0.2) is 0 Å². The molecule has 0 radical (unpaired) electrons. The molecule has 0 saturated carbocycles. The summed E-state index contributed by atoms with van der Waals surface area (Å²) in [5.41, 5.74) is 3.05. The fourth-order valence-electron chi connectivity index (χ4n) is 1.87. The van der Waals surface area contributed by atoms with Crippen molar-refractivity contribution in [3.05, 3.63) is 58.1 Å². The zero-order valence-electron chi connectivity index (χ0n) is 10.4. The molecule has 0 heterocycles. The third-order valence-corrected chi connectivity index (χ3v) is 3.44. The predicted molar refractivity (Wildman–Crippen MR) is 80.3 cm³/mol. The maximum absolute atomic E-state index is 6.16. The van der Waals surface area contributed by atoms with E-state index in [1.165, 1.54) is 5.56 Å². The number of anilines is 2. The van der Waals surface area contributed by atoms with E-state index in [4.69, 9.17) is 23.2 Å².